The van der Waals surface area contributed by atoms with E-state index in [1.807, 2.05) is 0 Å². The molecular weight excluding hydrogens is 316 g/mol. The highest BCUT2D eigenvalue weighted by Crippen LogP contribution is 2.21. The maximum atomic E-state index is 12.3. The van der Waals surface area contributed by atoms with Crippen molar-refractivity contribution in [3.63, 3.8) is 0 Å². The lowest BCUT2D eigenvalue weighted by molar-refractivity contribution is 0.0936. The summed E-state index contributed by atoms with van der Waals surface area (Å²) in [4.78, 5) is 22.7. The van der Waals surface area contributed by atoms with Gasteiger partial charge in [0, 0.05) is 25.2 Å². The number of amides is 1. The van der Waals surface area contributed by atoms with E-state index < -0.39 is 9.84 Å². The van der Waals surface area contributed by atoms with Crippen LogP contribution in [0.1, 0.15) is 36.7 Å². The summed E-state index contributed by atoms with van der Waals surface area (Å²) in [6.07, 6.45) is 4.10. The van der Waals surface area contributed by atoms with Gasteiger partial charge in [-0.05, 0) is 25.2 Å². The van der Waals surface area contributed by atoms with E-state index in [1.165, 1.54) is 6.33 Å². The first-order chi connectivity index (χ1) is 10.9. The van der Waals surface area contributed by atoms with E-state index in [1.54, 1.807) is 6.07 Å². The lowest BCUT2D eigenvalue weighted by Crippen LogP contribution is -2.37. The molecule has 7 nitrogen and oxygen atoms in total. The Morgan fingerprint density at radius 3 is 2.65 bits per heavy atom. The van der Waals surface area contributed by atoms with Gasteiger partial charge in [-0.25, -0.2) is 18.4 Å². The van der Waals surface area contributed by atoms with E-state index in [9.17, 15) is 13.2 Å². The third-order valence-electron chi connectivity index (χ3n) is 4.56. The lowest BCUT2D eigenvalue weighted by atomic mass is 9.99. The molecule has 3 rings (SSSR count). The summed E-state index contributed by atoms with van der Waals surface area (Å²) in [7, 11) is -3.01. The Hall–Kier alpha value is -1.70. The second-order valence-corrected chi connectivity index (χ2v) is 8.73. The average Bonchev–Trinajstić information content (AvgIpc) is 2.87. The van der Waals surface area contributed by atoms with E-state index in [-0.39, 0.29) is 29.1 Å². The number of hydrogen-bond donors (Lipinski definition) is 1. The van der Waals surface area contributed by atoms with Crippen LogP contribution in [0.15, 0.2) is 12.4 Å². The van der Waals surface area contributed by atoms with Gasteiger partial charge >= 0.3 is 0 Å². The molecule has 0 aromatic carbocycles. The molecule has 23 heavy (non-hydrogen) atoms. The standard InChI is InChI=1S/C15H22N4O3S/c1-11-2-5-19(6-3-11)14-8-13(16-10-17-14)15(20)18-12-4-7-23(21,22)9-12/h8,10-12H,2-7,9H2,1H3,(H,18,20). The molecule has 0 radical (unpaired) electrons. The first-order valence-electron chi connectivity index (χ1n) is 8.01. The molecule has 0 spiro atoms. The van der Waals surface area contributed by atoms with Gasteiger partial charge < -0.3 is 10.2 Å². The van der Waals surface area contributed by atoms with Crippen LogP contribution in [0.4, 0.5) is 5.82 Å². The van der Waals surface area contributed by atoms with Crippen LogP contribution in [0.25, 0.3) is 0 Å². The highest BCUT2D eigenvalue weighted by Gasteiger charge is 2.29. The Labute approximate surface area is 136 Å². The number of anilines is 1. The molecule has 2 aliphatic heterocycles. The summed E-state index contributed by atoms with van der Waals surface area (Å²) in [5, 5.41) is 2.76. The number of carbonyl (C=O) groups excluding carboxylic acids is 1. The first kappa shape index (κ1) is 16.2. The van der Waals surface area contributed by atoms with Gasteiger partial charge in [-0.1, -0.05) is 6.92 Å². The molecule has 1 aromatic rings. The van der Waals surface area contributed by atoms with Gasteiger partial charge in [0.1, 0.15) is 17.8 Å². The Balaban J connectivity index is 1.66. The third kappa shape index (κ3) is 3.99. The van der Waals surface area contributed by atoms with Crippen molar-refractivity contribution in [2.75, 3.05) is 29.5 Å². The average molecular weight is 338 g/mol. The van der Waals surface area contributed by atoms with Crippen LogP contribution in [0, 0.1) is 5.92 Å². The molecule has 2 aliphatic rings. The van der Waals surface area contributed by atoms with Gasteiger partial charge in [0.2, 0.25) is 0 Å². The molecule has 2 fully saturated rings. The summed E-state index contributed by atoms with van der Waals surface area (Å²) in [5.41, 5.74) is 0.290. The van der Waals surface area contributed by atoms with Crippen LogP contribution >= 0.6 is 0 Å². The molecule has 1 amide bonds. The summed E-state index contributed by atoms with van der Waals surface area (Å²) in [6.45, 7) is 4.10. The van der Waals surface area contributed by atoms with Crippen LogP contribution < -0.4 is 10.2 Å². The van der Waals surface area contributed by atoms with Crippen LogP contribution in [-0.4, -0.2) is 54.9 Å². The molecule has 0 saturated carbocycles. The summed E-state index contributed by atoms with van der Waals surface area (Å²) >= 11 is 0. The predicted molar refractivity (Wildman–Crippen MR) is 87.2 cm³/mol. The zero-order valence-corrected chi connectivity index (χ0v) is 14.1. The summed E-state index contributed by atoms with van der Waals surface area (Å²) in [5.74, 6) is 1.30. The highest BCUT2D eigenvalue weighted by atomic mass is 32.2. The Bertz CT molecular complexity index is 684. The smallest absolute Gasteiger partial charge is 0.270 e. The van der Waals surface area contributed by atoms with Crippen molar-refractivity contribution < 1.29 is 13.2 Å². The topological polar surface area (TPSA) is 92.3 Å². The van der Waals surface area contributed by atoms with Crippen molar-refractivity contribution in [3.8, 4) is 0 Å². The van der Waals surface area contributed by atoms with E-state index in [2.05, 4.69) is 27.1 Å². The second kappa shape index (κ2) is 6.43. The van der Waals surface area contributed by atoms with E-state index in [0.29, 0.717) is 6.42 Å². The number of sulfone groups is 1. The van der Waals surface area contributed by atoms with E-state index in [0.717, 1.165) is 37.7 Å². The Morgan fingerprint density at radius 1 is 1.26 bits per heavy atom. The minimum absolute atomic E-state index is 0.0146. The molecular formula is C15H22N4O3S. The zero-order valence-electron chi connectivity index (χ0n) is 13.2. The maximum Gasteiger partial charge on any atom is 0.270 e. The molecule has 8 heteroatoms. The molecule has 1 unspecified atom stereocenters. The zero-order chi connectivity index (χ0) is 16.4. The highest BCUT2D eigenvalue weighted by molar-refractivity contribution is 7.91. The van der Waals surface area contributed by atoms with Gasteiger partial charge in [-0.2, -0.15) is 0 Å². The van der Waals surface area contributed by atoms with E-state index >= 15 is 0 Å². The molecule has 0 aliphatic carbocycles. The van der Waals surface area contributed by atoms with Gasteiger partial charge in [0.15, 0.2) is 9.84 Å². The van der Waals surface area contributed by atoms with Crippen LogP contribution in [0.2, 0.25) is 0 Å². The monoisotopic (exact) mass is 338 g/mol. The van der Waals surface area contributed by atoms with E-state index in [4.69, 9.17) is 0 Å². The molecule has 1 atom stereocenters. The number of piperidine rings is 1. The normalized spacial score (nSPS) is 24.6. The minimum atomic E-state index is -3.01. The number of rotatable bonds is 3. The fourth-order valence-electron chi connectivity index (χ4n) is 3.05. The fraction of sp³-hybridized carbons (Fsp3) is 0.667. The quantitative estimate of drug-likeness (QED) is 0.869. The van der Waals surface area contributed by atoms with Crippen molar-refractivity contribution in [1.29, 1.82) is 0 Å². The fourth-order valence-corrected chi connectivity index (χ4v) is 4.72. The maximum absolute atomic E-state index is 12.3. The molecule has 1 aromatic heterocycles. The Morgan fingerprint density at radius 2 is 2.00 bits per heavy atom. The second-order valence-electron chi connectivity index (χ2n) is 6.50. The largest absolute Gasteiger partial charge is 0.356 e. The van der Waals surface area contributed by atoms with Crippen LogP contribution in [0.3, 0.4) is 0 Å². The van der Waals surface area contributed by atoms with Gasteiger partial charge in [0.05, 0.1) is 11.5 Å². The lowest BCUT2D eigenvalue weighted by Gasteiger charge is -2.31. The summed E-state index contributed by atoms with van der Waals surface area (Å²) in [6, 6.07) is 1.37. The van der Waals surface area contributed by atoms with Gasteiger partial charge in [-0.3, -0.25) is 4.79 Å². The molecule has 0 bridgehead atoms. The van der Waals surface area contributed by atoms with Crippen molar-refractivity contribution in [1.82, 2.24) is 15.3 Å². The Kier molecular flexibility index (Phi) is 4.52. The number of aromatic nitrogens is 2. The molecule has 3 heterocycles. The first-order valence-corrected chi connectivity index (χ1v) is 9.83. The third-order valence-corrected chi connectivity index (χ3v) is 6.33. The van der Waals surface area contributed by atoms with Crippen molar-refractivity contribution >= 4 is 21.6 Å². The van der Waals surface area contributed by atoms with Gasteiger partial charge in [-0.15, -0.1) is 0 Å². The SMILES string of the molecule is CC1CCN(c2cc(C(=O)NC3CCS(=O)(=O)C3)ncn2)CC1. The van der Waals surface area contributed by atoms with Crippen molar-refractivity contribution in [2.24, 2.45) is 5.92 Å². The molecule has 2 saturated heterocycles. The van der Waals surface area contributed by atoms with Crippen LogP contribution in [0.5, 0.6) is 0 Å². The number of nitrogens with one attached hydrogen (secondary N) is 1. The number of nitrogens with zero attached hydrogens (tertiary/aromatic N) is 3. The van der Waals surface area contributed by atoms with Gasteiger partial charge in [0.25, 0.3) is 5.91 Å². The van der Waals surface area contributed by atoms with Crippen LogP contribution in [-0.2, 0) is 9.84 Å². The number of carbonyl (C=O) groups is 1. The molecule has 1 N–H and O–H groups in total. The van der Waals surface area contributed by atoms with Crippen molar-refractivity contribution in [2.45, 2.75) is 32.2 Å². The molecule has 126 valence electrons. The predicted octanol–water partition coefficient (Wildman–Crippen LogP) is 0.630. The number of hydrogen-bond acceptors (Lipinski definition) is 6. The van der Waals surface area contributed by atoms with Crippen molar-refractivity contribution in [3.05, 3.63) is 18.1 Å². The summed E-state index contributed by atoms with van der Waals surface area (Å²) < 4.78 is 22.9. The minimum Gasteiger partial charge on any atom is -0.356 e.